The van der Waals surface area contributed by atoms with Crippen LogP contribution in [-0.2, 0) is 40.4 Å². The van der Waals surface area contributed by atoms with Gasteiger partial charge in [-0.05, 0) is 42.4 Å². The molecule has 4 rings (SSSR count). The minimum absolute atomic E-state index is 0.0189. The Hall–Kier alpha value is -2.15. The minimum Gasteiger partial charge on any atom is -0.380 e. The van der Waals surface area contributed by atoms with Crippen LogP contribution in [0.4, 0.5) is 5.82 Å². The molecule has 1 aromatic carbocycles. The number of nitrogens with zero attached hydrogens (tertiary/aromatic N) is 1. The fourth-order valence-corrected chi connectivity index (χ4v) is 4.50. The van der Waals surface area contributed by atoms with Crippen LogP contribution in [0.3, 0.4) is 0 Å². The summed E-state index contributed by atoms with van der Waals surface area (Å²) in [6, 6.07) is 7.65. The lowest BCUT2D eigenvalue weighted by Crippen LogP contribution is -2.29. The molecule has 6 heteroatoms. The van der Waals surface area contributed by atoms with E-state index in [1.165, 1.54) is 17.5 Å². The highest BCUT2D eigenvalue weighted by Gasteiger charge is 2.23. The van der Waals surface area contributed by atoms with E-state index in [0.29, 0.717) is 13.2 Å². The van der Waals surface area contributed by atoms with Gasteiger partial charge in [-0.25, -0.2) is 0 Å². The van der Waals surface area contributed by atoms with Crippen LogP contribution in [0.5, 0.6) is 0 Å². The average molecular weight is 399 g/mol. The number of ether oxygens (including phenoxy) is 3. The number of hydrogen-bond acceptors (Lipinski definition) is 5. The molecule has 1 N–H and O–H groups in total. The molecule has 0 radical (unpaired) electrons. The molecular formula is C23H30N2O4. The number of hydrogen-bond donors (Lipinski definition) is 1. The third-order valence-electron chi connectivity index (χ3n) is 5.90. The summed E-state index contributed by atoms with van der Waals surface area (Å²) in [5.41, 5.74) is 5.68. The molecule has 0 saturated carbocycles. The molecule has 1 aromatic heterocycles. The molecule has 0 amide bonds. The van der Waals surface area contributed by atoms with Gasteiger partial charge in [0.2, 0.25) is 0 Å². The maximum Gasteiger partial charge on any atom is 0.184 e. The molecule has 1 saturated heterocycles. The van der Waals surface area contributed by atoms with E-state index in [9.17, 15) is 4.79 Å². The van der Waals surface area contributed by atoms with Crippen molar-refractivity contribution in [3.8, 4) is 11.3 Å². The summed E-state index contributed by atoms with van der Waals surface area (Å²) in [6.45, 7) is 3.49. The van der Waals surface area contributed by atoms with Crippen LogP contribution in [0, 0.1) is 0 Å². The zero-order chi connectivity index (χ0) is 20.2. The van der Waals surface area contributed by atoms with Crippen molar-refractivity contribution in [2.75, 3.05) is 32.7 Å². The first kappa shape index (κ1) is 20.1. The van der Waals surface area contributed by atoms with E-state index in [0.717, 1.165) is 61.6 Å². The summed E-state index contributed by atoms with van der Waals surface area (Å²) in [7, 11) is 3.42. The topological polar surface area (TPSA) is 61.7 Å². The molecule has 2 aromatic rings. The van der Waals surface area contributed by atoms with Gasteiger partial charge >= 0.3 is 0 Å². The highest BCUT2D eigenvalue weighted by Crippen LogP contribution is 2.35. The second-order valence-electron chi connectivity index (χ2n) is 7.83. The molecule has 1 fully saturated rings. The quantitative estimate of drug-likeness (QED) is 0.775. The van der Waals surface area contributed by atoms with Crippen molar-refractivity contribution < 1.29 is 14.2 Å². The molecule has 0 spiro atoms. The Balaban J connectivity index is 1.69. The van der Waals surface area contributed by atoms with Crippen LogP contribution in [0.2, 0.25) is 0 Å². The monoisotopic (exact) mass is 398 g/mol. The number of aromatic nitrogens is 1. The second-order valence-corrected chi connectivity index (χ2v) is 7.83. The van der Waals surface area contributed by atoms with Crippen LogP contribution >= 0.6 is 0 Å². The average Bonchev–Trinajstić information content (AvgIpc) is 2.74. The fraction of sp³-hybridized carbons (Fsp3) is 0.522. The summed E-state index contributed by atoms with van der Waals surface area (Å²) in [6.07, 6.45) is 4.54. The van der Waals surface area contributed by atoms with Crippen LogP contribution in [0.1, 0.15) is 36.0 Å². The lowest BCUT2D eigenvalue weighted by molar-refractivity contribution is 0.0247. The number of fused-ring (bicyclic) bond motifs is 3. The Bertz CT molecular complexity index is 916. The van der Waals surface area contributed by atoms with Crippen LogP contribution in [-0.4, -0.2) is 38.0 Å². The Labute approximate surface area is 171 Å². The summed E-state index contributed by atoms with van der Waals surface area (Å²) < 4.78 is 18.9. The largest absolute Gasteiger partial charge is 0.380 e. The van der Waals surface area contributed by atoms with Gasteiger partial charge in [-0.15, -0.1) is 0 Å². The van der Waals surface area contributed by atoms with E-state index in [1.807, 2.05) is 0 Å². The van der Waals surface area contributed by atoms with Gasteiger partial charge in [0.05, 0.1) is 25.0 Å². The Morgan fingerprint density at radius 3 is 2.79 bits per heavy atom. The van der Waals surface area contributed by atoms with E-state index in [2.05, 4.69) is 22.0 Å². The van der Waals surface area contributed by atoms with Crippen molar-refractivity contribution in [3.05, 3.63) is 51.2 Å². The van der Waals surface area contributed by atoms with Crippen molar-refractivity contribution in [1.82, 2.24) is 4.57 Å². The lowest BCUT2D eigenvalue weighted by atomic mass is 9.90. The standard InChI is InChI=1S/C23H30N2O4/c1-27-14-16-6-7-20-19(21(16)15-28-2)8-9-25-22(20)11-17(26)12-23(25)24-13-18-5-3-4-10-29-18/h6-7,11-12,18,24H,3-5,8-10,13-15H2,1-2H3. The van der Waals surface area contributed by atoms with Crippen molar-refractivity contribution in [1.29, 1.82) is 0 Å². The summed E-state index contributed by atoms with van der Waals surface area (Å²) in [5, 5.41) is 3.48. The van der Waals surface area contributed by atoms with Gasteiger partial charge in [0.25, 0.3) is 0 Å². The van der Waals surface area contributed by atoms with Crippen molar-refractivity contribution in [3.63, 3.8) is 0 Å². The summed E-state index contributed by atoms with van der Waals surface area (Å²) in [5.74, 6) is 0.876. The van der Waals surface area contributed by atoms with Gasteiger partial charge in [-0.2, -0.15) is 0 Å². The van der Waals surface area contributed by atoms with Crippen LogP contribution < -0.4 is 10.7 Å². The Morgan fingerprint density at radius 1 is 1.17 bits per heavy atom. The van der Waals surface area contributed by atoms with Gasteiger partial charge in [-0.1, -0.05) is 12.1 Å². The van der Waals surface area contributed by atoms with Gasteiger partial charge in [0.1, 0.15) is 5.82 Å². The second kappa shape index (κ2) is 9.11. The number of nitrogens with one attached hydrogen (secondary N) is 1. The van der Waals surface area contributed by atoms with E-state index in [-0.39, 0.29) is 11.5 Å². The van der Waals surface area contributed by atoms with Crippen LogP contribution in [0.15, 0.2) is 29.1 Å². The first-order valence-electron chi connectivity index (χ1n) is 10.4. The molecule has 2 aliphatic heterocycles. The molecule has 1 atom stereocenters. The molecular weight excluding hydrogens is 368 g/mol. The molecule has 2 aliphatic rings. The number of rotatable bonds is 7. The van der Waals surface area contributed by atoms with Crippen LogP contribution in [0.25, 0.3) is 11.3 Å². The molecule has 0 bridgehead atoms. The zero-order valence-corrected chi connectivity index (χ0v) is 17.3. The number of anilines is 1. The third kappa shape index (κ3) is 4.25. The fourth-order valence-electron chi connectivity index (χ4n) is 4.50. The van der Waals surface area contributed by atoms with Crippen molar-refractivity contribution in [2.45, 2.75) is 51.5 Å². The number of methoxy groups -OCH3 is 2. The smallest absolute Gasteiger partial charge is 0.184 e. The summed E-state index contributed by atoms with van der Waals surface area (Å²) >= 11 is 0. The van der Waals surface area contributed by atoms with E-state index >= 15 is 0 Å². The SMILES string of the molecule is COCc1ccc2c(c1COC)CCn1c(NCC3CCCCO3)cc(=O)cc1-2. The van der Waals surface area contributed by atoms with Gasteiger partial charge in [0.15, 0.2) is 5.43 Å². The molecule has 6 nitrogen and oxygen atoms in total. The third-order valence-corrected chi connectivity index (χ3v) is 5.90. The molecule has 3 heterocycles. The van der Waals surface area contributed by atoms with Gasteiger partial charge in [-0.3, -0.25) is 4.79 Å². The first-order chi connectivity index (χ1) is 14.2. The van der Waals surface area contributed by atoms with E-state index in [1.54, 1.807) is 26.4 Å². The Morgan fingerprint density at radius 2 is 2.03 bits per heavy atom. The lowest BCUT2D eigenvalue weighted by Gasteiger charge is -2.29. The normalized spacial score (nSPS) is 18.2. The molecule has 156 valence electrons. The maximum absolute atomic E-state index is 12.5. The van der Waals surface area contributed by atoms with Crippen molar-refractivity contribution >= 4 is 5.82 Å². The van der Waals surface area contributed by atoms with Gasteiger partial charge < -0.3 is 24.1 Å². The first-order valence-corrected chi connectivity index (χ1v) is 10.4. The highest BCUT2D eigenvalue weighted by atomic mass is 16.5. The number of pyridine rings is 1. The predicted octanol–water partition coefficient (Wildman–Crippen LogP) is 3.35. The highest BCUT2D eigenvalue weighted by molar-refractivity contribution is 5.70. The van der Waals surface area contributed by atoms with E-state index in [4.69, 9.17) is 14.2 Å². The molecule has 1 unspecified atom stereocenters. The zero-order valence-electron chi connectivity index (χ0n) is 17.3. The molecule has 29 heavy (non-hydrogen) atoms. The van der Waals surface area contributed by atoms with Crippen molar-refractivity contribution in [2.24, 2.45) is 0 Å². The summed E-state index contributed by atoms with van der Waals surface area (Å²) in [4.78, 5) is 12.5. The minimum atomic E-state index is 0.0189. The van der Waals surface area contributed by atoms with Gasteiger partial charge in [0, 0.05) is 51.6 Å². The maximum atomic E-state index is 12.5. The molecule has 0 aliphatic carbocycles. The predicted molar refractivity (Wildman–Crippen MR) is 113 cm³/mol. The Kier molecular flexibility index (Phi) is 6.33. The number of benzene rings is 1. The van der Waals surface area contributed by atoms with E-state index < -0.39 is 0 Å².